The molecule has 0 aliphatic carbocycles. The zero-order valence-corrected chi connectivity index (χ0v) is 9.21. The molecule has 2 aromatic rings. The van der Waals surface area contributed by atoms with Crippen LogP contribution in [-0.2, 0) is 17.4 Å². The van der Waals surface area contributed by atoms with E-state index in [2.05, 4.69) is 4.98 Å². The minimum atomic E-state index is -4.37. The number of hydrogen-bond acceptors (Lipinski definition) is 1. The predicted octanol–water partition coefficient (Wildman–Crippen LogP) is 3.20. The summed E-state index contributed by atoms with van der Waals surface area (Å²) < 4.78 is 37.5. The highest BCUT2D eigenvalue weighted by Gasteiger charge is 2.30. The van der Waals surface area contributed by atoms with Gasteiger partial charge in [0.05, 0.1) is 12.0 Å². The summed E-state index contributed by atoms with van der Waals surface area (Å²) >= 11 is 0. The number of carboxylic acids is 1. The third-order valence-electron chi connectivity index (χ3n) is 2.61. The van der Waals surface area contributed by atoms with Gasteiger partial charge in [0.15, 0.2) is 0 Å². The second-order valence-corrected chi connectivity index (χ2v) is 3.99. The summed E-state index contributed by atoms with van der Waals surface area (Å²) in [5.74, 6) is -0.940. The maximum atomic E-state index is 12.5. The van der Waals surface area contributed by atoms with Crippen LogP contribution in [-0.4, -0.2) is 16.1 Å². The van der Waals surface area contributed by atoms with Crippen LogP contribution in [0.15, 0.2) is 24.3 Å². The third-order valence-corrected chi connectivity index (χ3v) is 2.61. The van der Waals surface area contributed by atoms with E-state index in [1.165, 1.54) is 6.07 Å². The number of hydrogen-bond donors (Lipinski definition) is 2. The van der Waals surface area contributed by atoms with Gasteiger partial charge in [-0.2, -0.15) is 13.2 Å². The second-order valence-electron chi connectivity index (χ2n) is 3.99. The third kappa shape index (κ3) is 2.64. The maximum absolute atomic E-state index is 12.5. The minimum absolute atomic E-state index is 0.0566. The van der Waals surface area contributed by atoms with Crippen LogP contribution in [0.25, 0.3) is 10.9 Å². The molecule has 1 heterocycles. The molecule has 1 aromatic heterocycles. The Morgan fingerprint density at radius 1 is 1.28 bits per heavy atom. The Bertz CT molecular complexity index is 587. The van der Waals surface area contributed by atoms with E-state index >= 15 is 0 Å². The number of nitrogens with one attached hydrogen (secondary N) is 1. The lowest BCUT2D eigenvalue weighted by molar-refractivity contribution is -0.138. The van der Waals surface area contributed by atoms with Crippen molar-refractivity contribution in [1.29, 1.82) is 0 Å². The number of carboxylic acid groups (broad SMARTS) is 1. The normalized spacial score (nSPS) is 11.9. The van der Waals surface area contributed by atoms with Gasteiger partial charge < -0.3 is 10.1 Å². The molecule has 0 radical (unpaired) electrons. The first-order valence-electron chi connectivity index (χ1n) is 5.27. The smallest absolute Gasteiger partial charge is 0.416 e. The second kappa shape index (κ2) is 4.36. The number of benzene rings is 1. The van der Waals surface area contributed by atoms with Crippen molar-refractivity contribution in [2.24, 2.45) is 0 Å². The van der Waals surface area contributed by atoms with Gasteiger partial charge in [0.2, 0.25) is 0 Å². The van der Waals surface area contributed by atoms with Crippen LogP contribution in [0.4, 0.5) is 13.2 Å². The predicted molar refractivity (Wildman–Crippen MR) is 59.3 cm³/mol. The van der Waals surface area contributed by atoms with E-state index in [1.54, 1.807) is 6.07 Å². The van der Waals surface area contributed by atoms with Crippen molar-refractivity contribution >= 4 is 16.9 Å². The number of halogens is 3. The molecule has 0 atom stereocenters. The Hall–Kier alpha value is -1.98. The zero-order valence-electron chi connectivity index (χ0n) is 9.21. The van der Waals surface area contributed by atoms with E-state index < -0.39 is 17.7 Å². The average Bonchev–Trinajstić information content (AvgIpc) is 2.66. The van der Waals surface area contributed by atoms with Crippen molar-refractivity contribution in [3.05, 3.63) is 35.5 Å². The van der Waals surface area contributed by atoms with E-state index in [9.17, 15) is 18.0 Å². The summed E-state index contributed by atoms with van der Waals surface area (Å²) in [6.45, 7) is 0. The molecule has 0 saturated heterocycles. The van der Waals surface area contributed by atoms with Crippen LogP contribution in [0.1, 0.15) is 17.7 Å². The molecule has 3 nitrogen and oxygen atoms in total. The number of aryl methyl sites for hydroxylation is 1. The number of H-pyrrole nitrogens is 1. The van der Waals surface area contributed by atoms with Crippen LogP contribution in [0.2, 0.25) is 0 Å². The highest BCUT2D eigenvalue weighted by atomic mass is 19.4. The van der Waals surface area contributed by atoms with Gasteiger partial charge in [-0.05, 0) is 30.0 Å². The quantitative estimate of drug-likeness (QED) is 0.887. The topological polar surface area (TPSA) is 53.1 Å². The Morgan fingerprint density at radius 3 is 2.61 bits per heavy atom. The van der Waals surface area contributed by atoms with Crippen molar-refractivity contribution in [3.8, 4) is 0 Å². The van der Waals surface area contributed by atoms with Crippen LogP contribution in [0, 0.1) is 0 Å². The lowest BCUT2D eigenvalue weighted by Gasteiger charge is -2.05. The van der Waals surface area contributed by atoms with Crippen LogP contribution in [0.3, 0.4) is 0 Å². The maximum Gasteiger partial charge on any atom is 0.416 e. The standard InChI is InChI=1S/C12H10F3NO2/c13-12(14,15)8-2-1-7-5-9(3-4-11(17)18)16-10(7)6-8/h1-2,5-6,16H,3-4H2,(H,17,18). The molecule has 1 aromatic carbocycles. The van der Waals surface area contributed by atoms with E-state index in [1.807, 2.05) is 0 Å². The van der Waals surface area contributed by atoms with Gasteiger partial charge in [0, 0.05) is 11.2 Å². The fourth-order valence-corrected chi connectivity index (χ4v) is 1.74. The van der Waals surface area contributed by atoms with E-state index in [0.717, 1.165) is 12.1 Å². The number of aromatic nitrogens is 1. The summed E-state index contributed by atoms with van der Waals surface area (Å²) in [5.41, 5.74) is 0.263. The summed E-state index contributed by atoms with van der Waals surface area (Å²) in [7, 11) is 0. The van der Waals surface area contributed by atoms with Crippen LogP contribution >= 0.6 is 0 Å². The van der Waals surface area contributed by atoms with Crippen molar-refractivity contribution in [3.63, 3.8) is 0 Å². The number of carbonyl (C=O) groups is 1. The molecule has 18 heavy (non-hydrogen) atoms. The molecule has 0 fully saturated rings. The minimum Gasteiger partial charge on any atom is -0.481 e. The zero-order chi connectivity index (χ0) is 13.3. The number of aromatic amines is 1. The first-order chi connectivity index (χ1) is 8.36. The molecule has 0 bridgehead atoms. The van der Waals surface area contributed by atoms with E-state index in [0.29, 0.717) is 16.6 Å². The largest absolute Gasteiger partial charge is 0.481 e. The van der Waals surface area contributed by atoms with Crippen molar-refractivity contribution in [1.82, 2.24) is 4.98 Å². The Labute approximate surface area is 100 Å². The SMILES string of the molecule is O=C(O)CCc1cc2ccc(C(F)(F)F)cc2[nH]1. The highest BCUT2D eigenvalue weighted by Crippen LogP contribution is 2.31. The van der Waals surface area contributed by atoms with Crippen molar-refractivity contribution in [2.45, 2.75) is 19.0 Å². The first kappa shape index (κ1) is 12.5. The molecular weight excluding hydrogens is 247 g/mol. The number of rotatable bonds is 3. The molecule has 2 rings (SSSR count). The van der Waals surface area contributed by atoms with Gasteiger partial charge in [-0.15, -0.1) is 0 Å². The fraction of sp³-hybridized carbons (Fsp3) is 0.250. The van der Waals surface area contributed by atoms with Crippen LogP contribution in [0.5, 0.6) is 0 Å². The lowest BCUT2D eigenvalue weighted by atomic mass is 10.1. The molecule has 0 aliphatic heterocycles. The monoisotopic (exact) mass is 257 g/mol. The number of aliphatic carboxylic acids is 1. The Balaban J connectivity index is 2.31. The summed E-state index contributed by atoms with van der Waals surface area (Å²) in [5, 5.41) is 9.18. The summed E-state index contributed by atoms with van der Waals surface area (Å²) in [6, 6.07) is 5.08. The van der Waals surface area contributed by atoms with Gasteiger partial charge in [0.25, 0.3) is 0 Å². The molecule has 0 aliphatic rings. The number of fused-ring (bicyclic) bond motifs is 1. The molecule has 96 valence electrons. The van der Waals surface area contributed by atoms with E-state index in [4.69, 9.17) is 5.11 Å². The van der Waals surface area contributed by atoms with Crippen molar-refractivity contribution in [2.75, 3.05) is 0 Å². The van der Waals surface area contributed by atoms with E-state index in [-0.39, 0.29) is 12.8 Å². The van der Waals surface area contributed by atoms with Gasteiger partial charge >= 0.3 is 12.1 Å². The Morgan fingerprint density at radius 2 is 2.00 bits per heavy atom. The van der Waals surface area contributed by atoms with Gasteiger partial charge in [-0.3, -0.25) is 4.79 Å². The van der Waals surface area contributed by atoms with Gasteiger partial charge in [-0.25, -0.2) is 0 Å². The molecular formula is C12H10F3NO2. The van der Waals surface area contributed by atoms with Gasteiger partial charge in [-0.1, -0.05) is 6.07 Å². The molecule has 0 unspecified atom stereocenters. The fourth-order valence-electron chi connectivity index (χ4n) is 1.74. The number of alkyl halides is 3. The average molecular weight is 257 g/mol. The lowest BCUT2D eigenvalue weighted by Crippen LogP contribution is -2.04. The summed E-state index contributed by atoms with van der Waals surface area (Å²) in [6.07, 6.45) is -4.16. The highest BCUT2D eigenvalue weighted by molar-refractivity contribution is 5.81. The molecule has 0 spiro atoms. The molecule has 0 amide bonds. The van der Waals surface area contributed by atoms with Gasteiger partial charge in [0.1, 0.15) is 0 Å². The molecule has 0 saturated carbocycles. The summed E-state index contributed by atoms with van der Waals surface area (Å²) in [4.78, 5) is 13.2. The Kier molecular flexibility index (Phi) is 3.02. The molecule has 2 N–H and O–H groups in total. The van der Waals surface area contributed by atoms with Crippen LogP contribution < -0.4 is 0 Å². The first-order valence-corrected chi connectivity index (χ1v) is 5.27. The molecule has 6 heteroatoms. The van der Waals surface area contributed by atoms with Crippen molar-refractivity contribution < 1.29 is 23.1 Å².